The first-order valence-electron chi connectivity index (χ1n) is 21.5. The number of aromatic nitrogens is 3. The van der Waals surface area contributed by atoms with Crippen LogP contribution >= 0.6 is 0 Å². The summed E-state index contributed by atoms with van der Waals surface area (Å²) in [4.78, 5) is 82.0. The summed E-state index contributed by atoms with van der Waals surface area (Å²) < 4.78 is 32.2. The highest BCUT2D eigenvalue weighted by molar-refractivity contribution is 7.92. The van der Waals surface area contributed by atoms with E-state index in [0.717, 1.165) is 37.7 Å². The average Bonchev–Trinajstić information content (AvgIpc) is 3.94. The number of likely N-dealkylation sites (tertiary alicyclic amines) is 1. The van der Waals surface area contributed by atoms with E-state index in [9.17, 15) is 42.3 Å². The van der Waals surface area contributed by atoms with Gasteiger partial charge in [0.05, 0.1) is 34.1 Å². The summed E-state index contributed by atoms with van der Waals surface area (Å²) >= 11 is 0. The fraction of sp³-hybridized carbons (Fsp3) is 0.545. The van der Waals surface area contributed by atoms with E-state index in [0.29, 0.717) is 12.1 Å². The van der Waals surface area contributed by atoms with Gasteiger partial charge in [-0.1, -0.05) is 67.6 Å². The number of rotatable bonds is 20. The van der Waals surface area contributed by atoms with Gasteiger partial charge in [-0.3, -0.25) is 24.0 Å². The zero-order valence-corrected chi connectivity index (χ0v) is 37.1. The van der Waals surface area contributed by atoms with Gasteiger partial charge in [0.15, 0.2) is 9.84 Å². The van der Waals surface area contributed by atoms with Gasteiger partial charge in [-0.25, -0.2) is 17.9 Å². The predicted molar refractivity (Wildman–Crippen MR) is 230 cm³/mol. The number of benzene rings is 2. The summed E-state index contributed by atoms with van der Waals surface area (Å²) in [5, 5.41) is 26.6. The van der Waals surface area contributed by atoms with Gasteiger partial charge in [0.2, 0.25) is 17.6 Å². The van der Waals surface area contributed by atoms with E-state index in [1.165, 1.54) is 40.0 Å². The number of nitrogens with one attached hydrogen (secondary N) is 3. The lowest BCUT2D eigenvalue weighted by Gasteiger charge is -2.32. The number of ether oxygens (including phenoxy) is 1. The molecule has 4 atom stereocenters. The van der Waals surface area contributed by atoms with Crippen molar-refractivity contribution in [3.05, 3.63) is 77.6 Å². The van der Waals surface area contributed by atoms with Crippen molar-refractivity contribution in [1.82, 2.24) is 35.8 Å². The molecule has 0 bridgehead atoms. The number of amides is 5. The molecule has 2 heterocycles. The molecule has 1 saturated heterocycles. The monoisotopic (exact) mass is 892 g/mol. The molecule has 2 fully saturated rings. The Hall–Kier alpha value is -5.69. The molecular weight excluding hydrogens is 833 g/mol. The number of hydrogen-bond acceptors (Lipinski definition) is 12. The Bertz CT molecular complexity index is 2180. The number of aliphatic hydroxyl groups is 1. The average molecular weight is 893 g/mol. The van der Waals surface area contributed by atoms with Crippen LogP contribution in [0.5, 0.6) is 0 Å². The third-order valence-corrected chi connectivity index (χ3v) is 13.8. The van der Waals surface area contributed by atoms with E-state index in [-0.39, 0.29) is 61.8 Å². The molecule has 63 heavy (non-hydrogen) atoms. The van der Waals surface area contributed by atoms with Crippen molar-refractivity contribution < 1.29 is 47.0 Å². The summed E-state index contributed by atoms with van der Waals surface area (Å²) in [6.07, 6.45) is 6.28. The summed E-state index contributed by atoms with van der Waals surface area (Å²) in [6, 6.07) is 10.3. The first-order valence-corrected chi connectivity index (χ1v) is 23.1. The van der Waals surface area contributed by atoms with Gasteiger partial charge in [0, 0.05) is 25.1 Å². The van der Waals surface area contributed by atoms with Crippen molar-refractivity contribution in [2.24, 2.45) is 11.7 Å². The SMILES string of the molecule is CC(C)S(=O)(=O)c1ccc(C(=O)N[C@H](CC2CCCCC2)C(=O)N2C[C@@H](n3nncc3C(C)(C)O)C[C@H]2C(=O)NC(CCCCNC(=O)OCc2ccccc2)C(=O)C(N)=O)cc1. The quantitative estimate of drug-likeness (QED) is 0.0809. The van der Waals surface area contributed by atoms with Crippen molar-refractivity contribution in [3.8, 4) is 0 Å². The number of primary amides is 1. The van der Waals surface area contributed by atoms with Gasteiger partial charge in [-0.05, 0) is 89.1 Å². The van der Waals surface area contributed by atoms with Crippen LogP contribution in [0.2, 0.25) is 0 Å². The van der Waals surface area contributed by atoms with Crippen LogP contribution in [-0.4, -0.2) is 105 Å². The molecule has 1 aliphatic carbocycles. The first kappa shape index (κ1) is 48.3. The molecular formula is C44H60N8O10S. The summed E-state index contributed by atoms with van der Waals surface area (Å²) in [7, 11) is -3.60. The van der Waals surface area contributed by atoms with E-state index in [4.69, 9.17) is 10.5 Å². The Balaban J connectivity index is 1.35. The van der Waals surface area contributed by atoms with E-state index in [1.807, 2.05) is 30.3 Å². The minimum Gasteiger partial charge on any atom is -0.445 e. The molecule has 18 nitrogen and oxygen atoms in total. The zero-order valence-electron chi connectivity index (χ0n) is 36.3. The minimum atomic E-state index is -3.60. The number of nitrogens with two attached hydrogens (primary N) is 1. The summed E-state index contributed by atoms with van der Waals surface area (Å²) in [5.41, 5.74) is 5.30. The number of unbranched alkanes of at least 4 members (excludes halogenated alkanes) is 1. The van der Waals surface area contributed by atoms with Crippen LogP contribution in [0.25, 0.3) is 0 Å². The second-order valence-electron chi connectivity index (χ2n) is 17.2. The normalized spacial score (nSPS) is 18.0. The van der Waals surface area contributed by atoms with Crippen LogP contribution in [0.1, 0.15) is 120 Å². The lowest BCUT2D eigenvalue weighted by atomic mass is 9.84. The molecule has 5 rings (SSSR count). The Labute approximate surface area is 368 Å². The van der Waals surface area contributed by atoms with E-state index < -0.39 is 80.4 Å². The Morgan fingerprint density at radius 1 is 0.937 bits per heavy atom. The van der Waals surface area contributed by atoms with Gasteiger partial charge in [0.1, 0.15) is 24.3 Å². The van der Waals surface area contributed by atoms with Crippen LogP contribution in [0.3, 0.4) is 0 Å². The van der Waals surface area contributed by atoms with Crippen LogP contribution in [0, 0.1) is 5.92 Å². The van der Waals surface area contributed by atoms with Crippen molar-refractivity contribution in [3.63, 3.8) is 0 Å². The van der Waals surface area contributed by atoms with Crippen molar-refractivity contribution in [1.29, 1.82) is 0 Å². The molecule has 0 radical (unpaired) electrons. The smallest absolute Gasteiger partial charge is 0.407 e. The zero-order chi connectivity index (χ0) is 45.9. The van der Waals surface area contributed by atoms with E-state index >= 15 is 0 Å². The molecule has 1 saturated carbocycles. The van der Waals surface area contributed by atoms with Crippen molar-refractivity contribution >= 4 is 45.3 Å². The fourth-order valence-corrected chi connectivity index (χ4v) is 9.13. The molecule has 1 aliphatic heterocycles. The molecule has 342 valence electrons. The van der Waals surface area contributed by atoms with Crippen LogP contribution in [-0.2, 0) is 46.0 Å². The number of alkyl carbamates (subject to hydrolysis) is 1. The molecule has 1 aromatic heterocycles. The molecule has 1 unspecified atom stereocenters. The number of nitrogens with zero attached hydrogens (tertiary/aromatic N) is 4. The third kappa shape index (κ3) is 12.9. The van der Waals surface area contributed by atoms with Crippen molar-refractivity contribution in [2.75, 3.05) is 13.1 Å². The Morgan fingerprint density at radius 2 is 1.62 bits per heavy atom. The number of carbonyl (C=O) groups excluding carboxylic acids is 6. The number of Topliss-reactive ketones (excluding diaryl/α,β-unsaturated/α-hetero) is 1. The highest BCUT2D eigenvalue weighted by Gasteiger charge is 2.45. The van der Waals surface area contributed by atoms with Crippen LogP contribution in [0.4, 0.5) is 4.79 Å². The lowest BCUT2D eigenvalue weighted by Crippen LogP contribution is -2.56. The third-order valence-electron chi connectivity index (χ3n) is 11.7. The minimum absolute atomic E-state index is 0.0120. The highest BCUT2D eigenvalue weighted by atomic mass is 32.2. The lowest BCUT2D eigenvalue weighted by molar-refractivity contribution is -0.142. The maximum Gasteiger partial charge on any atom is 0.407 e. The maximum atomic E-state index is 14.9. The van der Waals surface area contributed by atoms with E-state index in [1.54, 1.807) is 27.7 Å². The van der Waals surface area contributed by atoms with Gasteiger partial charge in [-0.15, -0.1) is 5.10 Å². The second kappa shape index (κ2) is 21.6. The fourth-order valence-electron chi connectivity index (χ4n) is 8.07. The number of sulfone groups is 1. The first-order chi connectivity index (χ1) is 29.9. The van der Waals surface area contributed by atoms with Gasteiger partial charge < -0.3 is 36.4 Å². The largest absolute Gasteiger partial charge is 0.445 e. The molecule has 5 amide bonds. The summed E-state index contributed by atoms with van der Waals surface area (Å²) in [5.74, 6) is -4.14. The highest BCUT2D eigenvalue weighted by Crippen LogP contribution is 2.34. The molecule has 0 spiro atoms. The molecule has 19 heteroatoms. The number of ketones is 1. The number of carbonyl (C=O) groups is 6. The van der Waals surface area contributed by atoms with Gasteiger partial charge in [-0.2, -0.15) is 0 Å². The topological polar surface area (TPSA) is 262 Å². The second-order valence-corrected chi connectivity index (χ2v) is 19.7. The van der Waals surface area contributed by atoms with Crippen LogP contribution in [0.15, 0.2) is 65.7 Å². The van der Waals surface area contributed by atoms with Gasteiger partial charge >= 0.3 is 6.09 Å². The predicted octanol–water partition coefficient (Wildman–Crippen LogP) is 3.23. The molecule has 2 aromatic carbocycles. The van der Waals surface area contributed by atoms with E-state index in [2.05, 4.69) is 26.3 Å². The van der Waals surface area contributed by atoms with Crippen LogP contribution < -0.4 is 21.7 Å². The molecule has 3 aromatic rings. The standard InChI is InChI=1S/C44H60N8O10S/c1-28(2)63(60,61)33-20-18-31(19-21-33)40(55)49-35(23-29-13-7-5-8-14-29)42(57)51-26-32(52-37(25-47-50-52)44(3,4)59)24-36(51)41(56)48-34(38(53)39(45)54)17-11-12-22-46-43(58)62-27-30-15-9-6-10-16-30/h6,9-10,15-16,18-21,25,28-29,32,34-36,59H,5,7-8,11-14,17,22-24,26-27H2,1-4H3,(H2,45,54)(H,46,58)(H,48,56)(H,49,55)/t32-,34?,35+,36-/m0/s1. The Kier molecular flexibility index (Phi) is 16.6. The Morgan fingerprint density at radius 3 is 2.25 bits per heavy atom. The number of hydrogen-bond donors (Lipinski definition) is 5. The van der Waals surface area contributed by atoms with Gasteiger partial charge in [0.25, 0.3) is 11.8 Å². The molecule has 2 aliphatic rings. The van der Waals surface area contributed by atoms with Crippen molar-refractivity contribution in [2.45, 2.75) is 138 Å². The molecule has 6 N–H and O–H groups in total. The maximum absolute atomic E-state index is 14.9. The summed E-state index contributed by atoms with van der Waals surface area (Å²) in [6.45, 7) is 6.41.